The predicted molar refractivity (Wildman–Crippen MR) is 102 cm³/mol. The van der Waals surface area contributed by atoms with Crippen molar-refractivity contribution in [2.24, 2.45) is 0 Å². The Kier molecular flexibility index (Phi) is 2.23. The molecule has 0 aliphatic heterocycles. The molecule has 6 aromatic rings. The molecule has 3 nitrogen and oxygen atoms in total. The van der Waals surface area contributed by atoms with Crippen molar-refractivity contribution in [3.05, 3.63) is 61.1 Å². The Hall–Kier alpha value is -2.98. The van der Waals surface area contributed by atoms with Gasteiger partial charge in [-0.15, -0.1) is 11.3 Å². The van der Waals surface area contributed by atoms with E-state index in [1.54, 1.807) is 0 Å². The van der Waals surface area contributed by atoms with Crippen molar-refractivity contribution in [3.8, 4) is 0 Å². The Morgan fingerprint density at radius 1 is 0.833 bits per heavy atom. The second-order valence-corrected chi connectivity index (χ2v) is 7.05. The molecular weight excluding hydrogens is 314 g/mol. The smallest absolute Gasteiger partial charge is 0.0964 e. The molecule has 4 aromatic heterocycles. The number of benzene rings is 2. The number of nitrogens with one attached hydrogen (secondary N) is 1. The lowest BCUT2D eigenvalue weighted by Gasteiger charge is -2.03. The van der Waals surface area contributed by atoms with Crippen LogP contribution in [0.25, 0.3) is 52.9 Å². The van der Waals surface area contributed by atoms with E-state index in [4.69, 9.17) is 0 Å². The number of hydrogen-bond donors (Lipinski definition) is 1. The highest BCUT2D eigenvalue weighted by atomic mass is 32.1. The van der Waals surface area contributed by atoms with Gasteiger partial charge in [-0.1, -0.05) is 18.2 Å². The molecule has 0 bridgehead atoms. The molecule has 112 valence electrons. The molecule has 24 heavy (non-hydrogen) atoms. The van der Waals surface area contributed by atoms with Crippen molar-refractivity contribution in [1.29, 1.82) is 0 Å². The van der Waals surface area contributed by atoms with E-state index < -0.39 is 0 Å². The molecule has 0 aliphatic rings. The van der Waals surface area contributed by atoms with Crippen LogP contribution in [0.1, 0.15) is 0 Å². The van der Waals surface area contributed by atoms with Crippen molar-refractivity contribution < 1.29 is 0 Å². The highest BCUT2D eigenvalue weighted by Gasteiger charge is 2.17. The van der Waals surface area contributed by atoms with E-state index >= 15 is 0 Å². The maximum atomic E-state index is 4.63. The van der Waals surface area contributed by atoms with E-state index in [1.807, 2.05) is 36.0 Å². The summed E-state index contributed by atoms with van der Waals surface area (Å²) in [7, 11) is 0. The van der Waals surface area contributed by atoms with Gasteiger partial charge in [0.15, 0.2) is 0 Å². The SMILES string of the molecule is c1cnc2c(c1)[nH]c1c3sc4ccccc4c3c3cnccc3c21. The van der Waals surface area contributed by atoms with E-state index in [0.29, 0.717) is 0 Å². The summed E-state index contributed by atoms with van der Waals surface area (Å²) in [5.74, 6) is 0. The van der Waals surface area contributed by atoms with E-state index in [9.17, 15) is 0 Å². The molecule has 4 heterocycles. The van der Waals surface area contributed by atoms with Crippen LogP contribution in [0.4, 0.5) is 0 Å². The average Bonchev–Trinajstić information content (AvgIpc) is 3.21. The van der Waals surface area contributed by atoms with Crippen molar-refractivity contribution >= 4 is 64.2 Å². The first-order valence-electron chi connectivity index (χ1n) is 7.85. The number of hydrogen-bond acceptors (Lipinski definition) is 3. The first kappa shape index (κ1) is 12.4. The molecule has 6 rings (SSSR count). The van der Waals surface area contributed by atoms with Crippen LogP contribution in [-0.2, 0) is 0 Å². The van der Waals surface area contributed by atoms with Crippen LogP contribution in [0.15, 0.2) is 61.1 Å². The fourth-order valence-electron chi connectivity index (χ4n) is 3.75. The normalized spacial score (nSPS) is 12.2. The van der Waals surface area contributed by atoms with Crippen LogP contribution in [0.5, 0.6) is 0 Å². The fourth-order valence-corrected chi connectivity index (χ4v) is 4.98. The molecule has 0 fully saturated rings. The second kappa shape index (κ2) is 4.30. The molecule has 0 spiro atoms. The van der Waals surface area contributed by atoms with Crippen molar-refractivity contribution in [2.75, 3.05) is 0 Å². The summed E-state index contributed by atoms with van der Waals surface area (Å²) in [6.45, 7) is 0. The van der Waals surface area contributed by atoms with E-state index in [2.05, 4.69) is 51.4 Å². The van der Waals surface area contributed by atoms with Gasteiger partial charge in [0.1, 0.15) is 0 Å². The van der Waals surface area contributed by atoms with Gasteiger partial charge >= 0.3 is 0 Å². The number of thiophene rings is 1. The Morgan fingerprint density at radius 2 is 1.79 bits per heavy atom. The Balaban J connectivity index is 2.07. The molecule has 4 heteroatoms. The predicted octanol–water partition coefficient (Wildman–Crippen LogP) is 5.63. The molecule has 0 aliphatic carbocycles. The monoisotopic (exact) mass is 325 g/mol. The minimum absolute atomic E-state index is 1.03. The number of nitrogens with zero attached hydrogens (tertiary/aromatic N) is 2. The first-order valence-corrected chi connectivity index (χ1v) is 8.67. The third-order valence-electron chi connectivity index (χ3n) is 4.74. The molecule has 2 aromatic carbocycles. The molecule has 0 radical (unpaired) electrons. The fraction of sp³-hybridized carbons (Fsp3) is 0. The minimum Gasteiger partial charge on any atom is -0.352 e. The Labute approximate surface area is 140 Å². The summed E-state index contributed by atoms with van der Waals surface area (Å²) in [5, 5.41) is 6.19. The van der Waals surface area contributed by atoms with E-state index in [1.165, 1.54) is 41.8 Å². The summed E-state index contributed by atoms with van der Waals surface area (Å²) < 4.78 is 2.58. The third kappa shape index (κ3) is 1.42. The van der Waals surface area contributed by atoms with Gasteiger partial charge in [0.25, 0.3) is 0 Å². The van der Waals surface area contributed by atoms with Crippen LogP contribution in [0.3, 0.4) is 0 Å². The quantitative estimate of drug-likeness (QED) is 0.393. The zero-order valence-electron chi connectivity index (χ0n) is 12.6. The lowest BCUT2D eigenvalue weighted by molar-refractivity contribution is 1.37. The van der Waals surface area contributed by atoms with Crippen molar-refractivity contribution in [2.45, 2.75) is 0 Å². The number of aromatic amines is 1. The number of rotatable bonds is 0. The first-order chi connectivity index (χ1) is 11.9. The minimum atomic E-state index is 1.03. The van der Waals surface area contributed by atoms with Gasteiger partial charge < -0.3 is 4.98 Å². The number of H-pyrrole nitrogens is 1. The standard InChI is InChI=1S/C20H11N3S/c1-2-6-15-12(4-1)16-13-10-21-9-7-11(13)17-18-14(5-3-8-22-18)23-19(17)20(16)24-15/h1-10,23H. The topological polar surface area (TPSA) is 41.6 Å². The molecule has 0 saturated heterocycles. The summed E-state index contributed by atoms with van der Waals surface area (Å²) in [4.78, 5) is 12.6. The lowest BCUT2D eigenvalue weighted by Crippen LogP contribution is -1.80. The van der Waals surface area contributed by atoms with Crippen LogP contribution < -0.4 is 0 Å². The third-order valence-corrected chi connectivity index (χ3v) is 5.92. The maximum absolute atomic E-state index is 4.63. The summed E-state index contributed by atoms with van der Waals surface area (Å²) in [5.41, 5.74) is 3.29. The Bertz CT molecular complexity index is 1300. The molecule has 0 saturated carbocycles. The van der Waals surface area contributed by atoms with Gasteiger partial charge in [-0.05, 0) is 29.7 Å². The second-order valence-electron chi connectivity index (χ2n) is 6.00. The van der Waals surface area contributed by atoms with Crippen LogP contribution in [0.2, 0.25) is 0 Å². The van der Waals surface area contributed by atoms with Crippen LogP contribution in [-0.4, -0.2) is 15.0 Å². The van der Waals surface area contributed by atoms with Gasteiger partial charge in [-0.2, -0.15) is 0 Å². The highest BCUT2D eigenvalue weighted by molar-refractivity contribution is 7.27. The van der Waals surface area contributed by atoms with Crippen molar-refractivity contribution in [1.82, 2.24) is 15.0 Å². The van der Waals surface area contributed by atoms with Crippen LogP contribution >= 0.6 is 11.3 Å². The molecule has 0 amide bonds. The molecule has 0 atom stereocenters. The number of pyridine rings is 2. The number of aromatic nitrogens is 3. The molecule has 0 unspecified atom stereocenters. The van der Waals surface area contributed by atoms with Gasteiger partial charge in [0, 0.05) is 44.8 Å². The zero-order valence-corrected chi connectivity index (χ0v) is 13.4. The van der Waals surface area contributed by atoms with Gasteiger partial charge in [-0.25, -0.2) is 0 Å². The maximum Gasteiger partial charge on any atom is 0.0964 e. The lowest BCUT2D eigenvalue weighted by atomic mass is 10.0. The number of fused-ring (bicyclic) bond motifs is 10. The van der Waals surface area contributed by atoms with E-state index in [-0.39, 0.29) is 0 Å². The van der Waals surface area contributed by atoms with Crippen molar-refractivity contribution in [3.63, 3.8) is 0 Å². The summed E-state index contributed by atoms with van der Waals surface area (Å²) in [6.07, 6.45) is 5.71. The molecular formula is C20H11N3S. The Morgan fingerprint density at radius 3 is 2.79 bits per heavy atom. The molecule has 1 N–H and O–H groups in total. The largest absolute Gasteiger partial charge is 0.352 e. The van der Waals surface area contributed by atoms with E-state index in [0.717, 1.165) is 11.0 Å². The van der Waals surface area contributed by atoms with Crippen LogP contribution in [0, 0.1) is 0 Å². The van der Waals surface area contributed by atoms with Gasteiger partial charge in [-0.3, -0.25) is 9.97 Å². The highest BCUT2D eigenvalue weighted by Crippen LogP contribution is 2.44. The van der Waals surface area contributed by atoms with Gasteiger partial charge in [0.2, 0.25) is 0 Å². The zero-order chi connectivity index (χ0) is 15.7. The summed E-state index contributed by atoms with van der Waals surface area (Å²) >= 11 is 1.83. The van der Waals surface area contributed by atoms with Gasteiger partial charge in [0.05, 0.1) is 21.3 Å². The summed E-state index contributed by atoms with van der Waals surface area (Å²) in [6, 6.07) is 14.8. The average molecular weight is 325 g/mol.